The van der Waals surface area contributed by atoms with E-state index in [2.05, 4.69) is 4.98 Å². The molecule has 0 unspecified atom stereocenters. The number of hydrogen-bond acceptors (Lipinski definition) is 4. The highest BCUT2D eigenvalue weighted by Gasteiger charge is 2.13. The molecule has 1 rings (SSSR count). The molecule has 0 saturated heterocycles. The van der Waals surface area contributed by atoms with E-state index in [1.54, 1.807) is 19.3 Å². The van der Waals surface area contributed by atoms with Gasteiger partial charge in [0.1, 0.15) is 6.20 Å². The van der Waals surface area contributed by atoms with Crippen molar-refractivity contribution in [2.75, 3.05) is 14.1 Å². The maximum absolute atomic E-state index is 10.5. The Morgan fingerprint density at radius 2 is 2.29 bits per heavy atom. The number of imidazole rings is 1. The lowest BCUT2D eigenvalue weighted by Crippen LogP contribution is -2.02. The van der Waals surface area contributed by atoms with Gasteiger partial charge in [0.05, 0.1) is 7.05 Å². The molecule has 0 bridgehead atoms. The normalized spacial score (nSPS) is 10.8. The molecule has 0 fully saturated rings. The number of rotatable bonds is 3. The van der Waals surface area contributed by atoms with E-state index in [-0.39, 0.29) is 5.82 Å². The Morgan fingerprint density at radius 3 is 2.71 bits per heavy atom. The van der Waals surface area contributed by atoms with Crippen molar-refractivity contribution in [1.82, 2.24) is 14.5 Å². The summed E-state index contributed by atoms with van der Waals surface area (Å²) in [6, 6.07) is 0. The maximum Gasteiger partial charge on any atom is 0.342 e. The Bertz CT molecular complexity index is 367. The largest absolute Gasteiger partial charge is 0.383 e. The fourth-order valence-corrected chi connectivity index (χ4v) is 0.955. The summed E-state index contributed by atoms with van der Waals surface area (Å²) in [6.07, 6.45) is 4.74. The van der Waals surface area contributed by atoms with Gasteiger partial charge in [-0.3, -0.25) is 0 Å². The highest BCUT2D eigenvalue weighted by atomic mass is 16.6. The van der Waals surface area contributed by atoms with Crippen molar-refractivity contribution in [1.29, 1.82) is 0 Å². The molecule has 0 aliphatic carbocycles. The first-order valence-corrected chi connectivity index (χ1v) is 4.03. The lowest BCUT2D eigenvalue weighted by atomic mass is 10.5. The van der Waals surface area contributed by atoms with Gasteiger partial charge in [-0.1, -0.05) is 0 Å². The van der Waals surface area contributed by atoms with Crippen molar-refractivity contribution >= 4 is 11.9 Å². The van der Waals surface area contributed by atoms with Gasteiger partial charge in [0.2, 0.25) is 5.82 Å². The van der Waals surface area contributed by atoms with Crippen molar-refractivity contribution in [2.45, 2.75) is 0 Å². The number of nitrogens with zero attached hydrogens (tertiary/aromatic N) is 4. The summed E-state index contributed by atoms with van der Waals surface area (Å²) < 4.78 is 1.43. The van der Waals surface area contributed by atoms with Crippen molar-refractivity contribution in [2.24, 2.45) is 7.05 Å². The first-order valence-electron chi connectivity index (χ1n) is 4.03. The summed E-state index contributed by atoms with van der Waals surface area (Å²) in [6.45, 7) is 0. The van der Waals surface area contributed by atoms with Crippen molar-refractivity contribution in [3.8, 4) is 0 Å². The van der Waals surface area contributed by atoms with Crippen LogP contribution in [0.5, 0.6) is 0 Å². The average molecular weight is 196 g/mol. The van der Waals surface area contributed by atoms with Gasteiger partial charge in [-0.25, -0.2) is 9.55 Å². The first kappa shape index (κ1) is 10.2. The van der Waals surface area contributed by atoms with Gasteiger partial charge in [0, 0.05) is 26.4 Å². The number of hydrogen-bond donors (Lipinski definition) is 0. The molecule has 1 heterocycles. The molecule has 0 N–H and O–H groups in total. The van der Waals surface area contributed by atoms with Crippen LogP contribution in [0.2, 0.25) is 0 Å². The maximum atomic E-state index is 10.5. The first-order chi connectivity index (χ1) is 6.52. The van der Waals surface area contributed by atoms with Gasteiger partial charge in [-0.2, -0.15) is 0 Å². The average Bonchev–Trinajstić information content (AvgIpc) is 2.43. The van der Waals surface area contributed by atoms with Crippen LogP contribution in [-0.2, 0) is 7.05 Å². The Morgan fingerprint density at radius 1 is 1.64 bits per heavy atom. The minimum atomic E-state index is -0.458. The fraction of sp³-hybridized carbons (Fsp3) is 0.375. The molecule has 0 amide bonds. The van der Waals surface area contributed by atoms with Crippen molar-refractivity contribution in [3.05, 3.63) is 28.3 Å². The minimum Gasteiger partial charge on any atom is -0.383 e. The zero-order valence-corrected chi connectivity index (χ0v) is 8.34. The summed E-state index contributed by atoms with van der Waals surface area (Å²) in [7, 11) is 5.35. The summed E-state index contributed by atoms with van der Waals surface area (Å²) in [5, 5.41) is 10.5. The van der Waals surface area contributed by atoms with Crippen LogP contribution < -0.4 is 0 Å². The van der Waals surface area contributed by atoms with E-state index < -0.39 is 4.92 Å². The van der Waals surface area contributed by atoms with Crippen LogP contribution in [0.1, 0.15) is 5.82 Å². The molecular formula is C8H12N4O2. The molecule has 1 aromatic heterocycles. The Balaban J connectivity index is 2.96. The van der Waals surface area contributed by atoms with E-state index in [4.69, 9.17) is 0 Å². The summed E-state index contributed by atoms with van der Waals surface area (Å²) >= 11 is 0. The van der Waals surface area contributed by atoms with Crippen LogP contribution in [0.25, 0.3) is 6.08 Å². The van der Waals surface area contributed by atoms with Gasteiger partial charge in [-0.05, 0) is 4.92 Å². The molecule has 0 aliphatic heterocycles. The molecule has 1 aromatic rings. The zero-order valence-electron chi connectivity index (χ0n) is 8.34. The second kappa shape index (κ2) is 3.91. The second-order valence-electron chi connectivity index (χ2n) is 3.07. The van der Waals surface area contributed by atoms with Crippen LogP contribution in [0, 0.1) is 10.1 Å². The SMILES string of the molecule is CN(C)C=Cc1ncc([N+](=O)[O-])n1C. The molecule has 0 atom stereocenters. The van der Waals surface area contributed by atoms with E-state index in [1.165, 1.54) is 10.8 Å². The monoisotopic (exact) mass is 196 g/mol. The van der Waals surface area contributed by atoms with Gasteiger partial charge >= 0.3 is 5.82 Å². The molecule has 0 spiro atoms. The van der Waals surface area contributed by atoms with E-state index in [0.29, 0.717) is 5.82 Å². The molecule has 0 aliphatic rings. The third-order valence-corrected chi connectivity index (χ3v) is 1.71. The predicted octanol–water partition coefficient (Wildman–Crippen LogP) is 0.861. The molecule has 6 heteroatoms. The van der Waals surface area contributed by atoms with Gasteiger partial charge in [0.25, 0.3) is 0 Å². The fourth-order valence-electron chi connectivity index (χ4n) is 0.955. The molecule has 76 valence electrons. The molecule has 14 heavy (non-hydrogen) atoms. The van der Waals surface area contributed by atoms with E-state index in [9.17, 15) is 10.1 Å². The topological polar surface area (TPSA) is 64.2 Å². The molecule has 0 aromatic carbocycles. The standard InChI is InChI=1S/C8H12N4O2/c1-10(2)5-4-7-9-6-8(11(7)3)12(13)14/h4-6H,1-3H3. The summed E-state index contributed by atoms with van der Waals surface area (Å²) in [5.74, 6) is 0.550. The Labute approximate surface area is 81.6 Å². The molecular weight excluding hydrogens is 184 g/mol. The third kappa shape index (κ3) is 2.09. The van der Waals surface area contributed by atoms with Crippen molar-refractivity contribution < 1.29 is 4.92 Å². The number of aromatic nitrogens is 2. The summed E-state index contributed by atoms with van der Waals surface area (Å²) in [5.41, 5.74) is 0. The molecule has 6 nitrogen and oxygen atoms in total. The highest BCUT2D eigenvalue weighted by molar-refractivity contribution is 5.43. The van der Waals surface area contributed by atoms with Gasteiger partial charge in [-0.15, -0.1) is 0 Å². The van der Waals surface area contributed by atoms with Crippen molar-refractivity contribution in [3.63, 3.8) is 0 Å². The lowest BCUT2D eigenvalue weighted by Gasteiger charge is -2.01. The van der Waals surface area contributed by atoms with E-state index in [0.717, 1.165) is 0 Å². The van der Waals surface area contributed by atoms with Crippen LogP contribution in [0.15, 0.2) is 12.4 Å². The Kier molecular flexibility index (Phi) is 2.85. The second-order valence-corrected chi connectivity index (χ2v) is 3.07. The lowest BCUT2D eigenvalue weighted by molar-refractivity contribution is -0.391. The van der Waals surface area contributed by atoms with E-state index >= 15 is 0 Å². The highest BCUT2D eigenvalue weighted by Crippen LogP contribution is 2.12. The van der Waals surface area contributed by atoms with Crippen LogP contribution in [0.3, 0.4) is 0 Å². The predicted molar refractivity (Wildman–Crippen MR) is 52.6 cm³/mol. The quantitative estimate of drug-likeness (QED) is 0.531. The zero-order chi connectivity index (χ0) is 10.7. The van der Waals surface area contributed by atoms with Crippen LogP contribution >= 0.6 is 0 Å². The molecule has 0 radical (unpaired) electrons. The number of nitro groups is 1. The smallest absolute Gasteiger partial charge is 0.342 e. The third-order valence-electron chi connectivity index (χ3n) is 1.71. The van der Waals surface area contributed by atoms with Gasteiger partial charge < -0.3 is 15.0 Å². The summed E-state index contributed by atoms with van der Waals surface area (Å²) in [4.78, 5) is 15.8. The Hall–Kier alpha value is -1.85. The molecule has 0 saturated carbocycles. The minimum absolute atomic E-state index is 0.0107. The van der Waals surface area contributed by atoms with Crippen LogP contribution in [-0.4, -0.2) is 33.5 Å². The van der Waals surface area contributed by atoms with Gasteiger partial charge in [0.15, 0.2) is 0 Å². The van der Waals surface area contributed by atoms with Crippen LogP contribution in [0.4, 0.5) is 5.82 Å². The van der Waals surface area contributed by atoms with E-state index in [1.807, 2.05) is 19.0 Å².